The van der Waals surface area contributed by atoms with E-state index in [1.165, 1.54) is 6.20 Å². The molecule has 1 aromatic rings. The minimum absolute atomic E-state index is 0. The molecule has 1 heterocycles. The van der Waals surface area contributed by atoms with Crippen molar-refractivity contribution in [3.05, 3.63) is 22.3 Å². The number of nitrogens with two attached hydrogens (primary N) is 1. The number of hydrogen-bond donors (Lipinski definition) is 2. The topological polar surface area (TPSA) is 77.2 Å². The van der Waals surface area contributed by atoms with Crippen LogP contribution in [-0.2, 0) is 4.79 Å². The molecule has 134 valence electrons. The van der Waals surface area contributed by atoms with Gasteiger partial charge in [-0.1, -0.05) is 37.0 Å². The van der Waals surface area contributed by atoms with Crippen LogP contribution >= 0.6 is 48.0 Å². The van der Waals surface area contributed by atoms with Crippen LogP contribution in [0.1, 0.15) is 26.7 Å². The van der Waals surface area contributed by atoms with Crippen molar-refractivity contribution in [1.29, 1.82) is 0 Å². The van der Waals surface area contributed by atoms with E-state index < -0.39 is 5.41 Å². The third kappa shape index (κ3) is 6.89. The Morgan fingerprint density at radius 2 is 1.96 bits per heavy atom. The number of carbonyl (C=O) groups excluding carboxylic acids is 1. The van der Waals surface area contributed by atoms with E-state index in [4.69, 9.17) is 33.7 Å². The van der Waals surface area contributed by atoms with Crippen LogP contribution in [0.4, 0.5) is 0 Å². The predicted molar refractivity (Wildman–Crippen MR) is 99.3 cm³/mol. The Morgan fingerprint density at radius 1 is 1.35 bits per heavy atom. The summed E-state index contributed by atoms with van der Waals surface area (Å²) in [7, 11) is 0. The number of halogens is 4. The summed E-state index contributed by atoms with van der Waals surface area (Å²) < 4.78 is 5.41. The van der Waals surface area contributed by atoms with Crippen molar-refractivity contribution in [3.8, 4) is 5.88 Å². The van der Waals surface area contributed by atoms with Gasteiger partial charge in [0.25, 0.3) is 0 Å². The van der Waals surface area contributed by atoms with Gasteiger partial charge in [-0.05, 0) is 18.9 Å². The van der Waals surface area contributed by atoms with Crippen LogP contribution in [0.25, 0.3) is 0 Å². The molecule has 0 atom stereocenters. The standard InChI is InChI=1S/C14H21Cl2N3O2.2ClH/c1-3-14(4-2,9-17)13(20)18-5-6-21-12-11(16)7-10(15)8-19-12;;/h7-8H,3-6,9,17H2,1-2H3,(H,18,20);2*1H. The Kier molecular flexibility index (Phi) is 12.9. The number of aromatic nitrogens is 1. The first-order chi connectivity index (χ1) is 9.99. The SMILES string of the molecule is CCC(CC)(CN)C(=O)NCCOc1ncc(Cl)cc1Cl.Cl.Cl. The van der Waals surface area contributed by atoms with E-state index in [-0.39, 0.29) is 37.3 Å². The molecule has 1 amide bonds. The average Bonchev–Trinajstić information content (AvgIpc) is 2.48. The molecular formula is C14H23Cl4N3O2. The molecule has 0 fully saturated rings. The lowest BCUT2D eigenvalue weighted by molar-refractivity contribution is -0.131. The molecule has 0 aliphatic carbocycles. The van der Waals surface area contributed by atoms with Crippen molar-refractivity contribution in [2.45, 2.75) is 26.7 Å². The second-order valence-electron chi connectivity index (χ2n) is 4.74. The normalized spacial score (nSPS) is 10.3. The number of pyridine rings is 1. The van der Waals surface area contributed by atoms with Gasteiger partial charge in [-0.3, -0.25) is 4.79 Å². The van der Waals surface area contributed by atoms with E-state index in [2.05, 4.69) is 10.3 Å². The first kappa shape index (κ1) is 24.8. The fraction of sp³-hybridized carbons (Fsp3) is 0.571. The van der Waals surface area contributed by atoms with Gasteiger partial charge in [0.2, 0.25) is 11.8 Å². The minimum atomic E-state index is -0.504. The molecule has 5 nitrogen and oxygen atoms in total. The molecule has 0 saturated heterocycles. The summed E-state index contributed by atoms with van der Waals surface area (Å²) in [5.74, 6) is 0.250. The zero-order chi connectivity index (χ0) is 15.9. The maximum absolute atomic E-state index is 12.2. The molecule has 9 heteroatoms. The molecule has 0 aromatic carbocycles. The van der Waals surface area contributed by atoms with E-state index in [1.54, 1.807) is 6.07 Å². The first-order valence-corrected chi connectivity index (χ1v) is 7.67. The molecule has 23 heavy (non-hydrogen) atoms. The molecule has 0 bridgehead atoms. The van der Waals surface area contributed by atoms with Crippen LogP contribution in [0.15, 0.2) is 12.3 Å². The predicted octanol–water partition coefficient (Wildman–Crippen LogP) is 3.49. The maximum Gasteiger partial charge on any atom is 0.232 e. The van der Waals surface area contributed by atoms with Gasteiger partial charge in [-0.25, -0.2) is 4.98 Å². The third-order valence-electron chi connectivity index (χ3n) is 3.63. The zero-order valence-electron chi connectivity index (χ0n) is 13.1. The van der Waals surface area contributed by atoms with Crippen molar-refractivity contribution in [2.75, 3.05) is 19.7 Å². The first-order valence-electron chi connectivity index (χ1n) is 6.91. The van der Waals surface area contributed by atoms with Gasteiger partial charge < -0.3 is 15.8 Å². The molecule has 1 rings (SSSR count). The van der Waals surface area contributed by atoms with E-state index >= 15 is 0 Å². The number of nitrogens with zero attached hydrogens (tertiary/aromatic N) is 1. The van der Waals surface area contributed by atoms with Gasteiger partial charge in [0.1, 0.15) is 11.6 Å². The summed E-state index contributed by atoms with van der Waals surface area (Å²) in [4.78, 5) is 16.1. The van der Waals surface area contributed by atoms with Gasteiger partial charge in [0.05, 0.1) is 17.0 Å². The Balaban J connectivity index is 0. The Bertz CT molecular complexity index is 477. The van der Waals surface area contributed by atoms with Crippen LogP contribution in [0.2, 0.25) is 10.0 Å². The molecule has 0 aliphatic heterocycles. The molecule has 0 aliphatic rings. The van der Waals surface area contributed by atoms with Crippen LogP contribution in [0.3, 0.4) is 0 Å². The number of amides is 1. The zero-order valence-corrected chi connectivity index (χ0v) is 16.2. The monoisotopic (exact) mass is 405 g/mol. The maximum atomic E-state index is 12.2. The number of hydrogen-bond acceptors (Lipinski definition) is 4. The third-order valence-corrected chi connectivity index (χ3v) is 4.10. The lowest BCUT2D eigenvalue weighted by Crippen LogP contribution is -2.46. The highest BCUT2D eigenvalue weighted by Crippen LogP contribution is 2.25. The highest BCUT2D eigenvalue weighted by Gasteiger charge is 2.32. The fourth-order valence-corrected chi connectivity index (χ4v) is 2.40. The van der Waals surface area contributed by atoms with Gasteiger partial charge >= 0.3 is 0 Å². The van der Waals surface area contributed by atoms with Crippen molar-refractivity contribution >= 4 is 53.9 Å². The summed E-state index contributed by atoms with van der Waals surface area (Å²) >= 11 is 11.7. The van der Waals surface area contributed by atoms with E-state index in [9.17, 15) is 4.79 Å². The fourth-order valence-electron chi connectivity index (χ4n) is 1.96. The minimum Gasteiger partial charge on any atom is -0.475 e. The average molecular weight is 407 g/mol. The molecule has 3 N–H and O–H groups in total. The molecule has 0 spiro atoms. The Morgan fingerprint density at radius 3 is 2.43 bits per heavy atom. The van der Waals surface area contributed by atoms with Gasteiger partial charge in [-0.15, -0.1) is 24.8 Å². The number of carbonyl (C=O) groups is 1. The highest BCUT2D eigenvalue weighted by atomic mass is 35.5. The molecule has 0 unspecified atom stereocenters. The summed E-state index contributed by atoms with van der Waals surface area (Å²) in [6, 6.07) is 1.55. The summed E-state index contributed by atoms with van der Waals surface area (Å²) in [5, 5.41) is 3.62. The van der Waals surface area contributed by atoms with Crippen molar-refractivity contribution in [2.24, 2.45) is 11.1 Å². The Labute approximate surface area is 159 Å². The lowest BCUT2D eigenvalue weighted by atomic mass is 9.81. The molecule has 0 radical (unpaired) electrons. The van der Waals surface area contributed by atoms with E-state index in [0.717, 1.165) is 0 Å². The van der Waals surface area contributed by atoms with Gasteiger partial charge in [0, 0.05) is 12.7 Å². The largest absolute Gasteiger partial charge is 0.475 e. The quantitative estimate of drug-likeness (QED) is 0.647. The lowest BCUT2D eigenvalue weighted by Gasteiger charge is -2.28. The van der Waals surface area contributed by atoms with Gasteiger partial charge in [-0.2, -0.15) is 0 Å². The van der Waals surface area contributed by atoms with Crippen molar-refractivity contribution < 1.29 is 9.53 Å². The summed E-state index contributed by atoms with van der Waals surface area (Å²) in [6.45, 7) is 4.89. The molecule has 0 saturated carbocycles. The van der Waals surface area contributed by atoms with Crippen LogP contribution < -0.4 is 15.8 Å². The smallest absolute Gasteiger partial charge is 0.232 e. The number of nitrogens with one attached hydrogen (secondary N) is 1. The summed E-state index contributed by atoms with van der Waals surface area (Å²) in [5.41, 5.74) is 5.22. The number of rotatable bonds is 8. The van der Waals surface area contributed by atoms with Gasteiger partial charge in [0.15, 0.2) is 0 Å². The van der Waals surface area contributed by atoms with Crippen LogP contribution in [0.5, 0.6) is 5.88 Å². The second kappa shape index (κ2) is 12.0. The Hall–Kier alpha value is -0.460. The summed E-state index contributed by atoms with van der Waals surface area (Å²) in [6.07, 6.45) is 2.86. The van der Waals surface area contributed by atoms with Crippen LogP contribution in [-0.4, -0.2) is 30.6 Å². The van der Waals surface area contributed by atoms with Crippen molar-refractivity contribution in [1.82, 2.24) is 10.3 Å². The van der Waals surface area contributed by atoms with E-state index in [0.29, 0.717) is 41.9 Å². The molecular weight excluding hydrogens is 384 g/mol. The molecule has 1 aromatic heterocycles. The van der Waals surface area contributed by atoms with Crippen molar-refractivity contribution in [3.63, 3.8) is 0 Å². The second-order valence-corrected chi connectivity index (χ2v) is 5.58. The van der Waals surface area contributed by atoms with Crippen LogP contribution in [0, 0.1) is 5.41 Å². The van der Waals surface area contributed by atoms with E-state index in [1.807, 2.05) is 13.8 Å². The number of ether oxygens (including phenoxy) is 1. The highest BCUT2D eigenvalue weighted by molar-refractivity contribution is 6.35.